The summed E-state index contributed by atoms with van der Waals surface area (Å²) in [5.41, 5.74) is 0. The molecule has 0 spiro atoms. The van der Waals surface area contributed by atoms with Crippen LogP contribution in [-0.2, 0) is 16.0 Å². The first-order valence-electron chi connectivity index (χ1n) is 7.56. The second kappa shape index (κ2) is 8.12. The van der Waals surface area contributed by atoms with Crippen molar-refractivity contribution in [2.45, 2.75) is 57.4 Å². The van der Waals surface area contributed by atoms with Crippen molar-refractivity contribution in [3.63, 3.8) is 0 Å². The third-order valence-corrected chi connectivity index (χ3v) is 4.74. The van der Waals surface area contributed by atoms with Crippen LogP contribution in [0.3, 0.4) is 0 Å². The molecule has 2 rings (SSSR count). The first-order chi connectivity index (χ1) is 10.2. The lowest BCUT2D eigenvalue weighted by Crippen LogP contribution is -2.43. The van der Waals surface area contributed by atoms with Crippen molar-refractivity contribution in [2.75, 3.05) is 6.54 Å². The fraction of sp³-hybridized carbons (Fsp3) is 0.667. The number of carboxylic acid groups (broad SMARTS) is 1. The van der Waals surface area contributed by atoms with Crippen LogP contribution in [0.15, 0.2) is 11.6 Å². The second-order valence-electron chi connectivity index (χ2n) is 5.45. The first kappa shape index (κ1) is 15.9. The number of aromatic nitrogens is 1. The summed E-state index contributed by atoms with van der Waals surface area (Å²) in [6.07, 6.45) is 7.75. The van der Waals surface area contributed by atoms with Crippen LogP contribution in [0.2, 0.25) is 0 Å². The Morgan fingerprint density at radius 3 is 2.95 bits per heavy atom. The lowest BCUT2D eigenvalue weighted by atomic mass is 9.97. The third-order valence-electron chi connectivity index (χ3n) is 3.90. The number of likely N-dealkylation sites (tertiary alicyclic amines) is 1. The number of piperidine rings is 1. The highest BCUT2D eigenvalue weighted by atomic mass is 32.1. The number of rotatable bonds is 7. The van der Waals surface area contributed by atoms with E-state index in [-0.39, 0.29) is 18.4 Å². The van der Waals surface area contributed by atoms with Gasteiger partial charge < -0.3 is 10.0 Å². The molecule has 21 heavy (non-hydrogen) atoms. The maximum absolute atomic E-state index is 12.3. The van der Waals surface area contributed by atoms with Crippen LogP contribution >= 0.6 is 11.3 Å². The van der Waals surface area contributed by atoms with E-state index in [2.05, 4.69) is 4.98 Å². The van der Waals surface area contributed by atoms with Crippen LogP contribution in [0, 0.1) is 0 Å². The number of aliphatic carboxylic acids is 1. The van der Waals surface area contributed by atoms with Gasteiger partial charge in [0.25, 0.3) is 0 Å². The van der Waals surface area contributed by atoms with Crippen molar-refractivity contribution >= 4 is 23.2 Å². The van der Waals surface area contributed by atoms with E-state index in [9.17, 15) is 9.59 Å². The van der Waals surface area contributed by atoms with Crippen molar-refractivity contribution in [2.24, 2.45) is 0 Å². The van der Waals surface area contributed by atoms with E-state index >= 15 is 0 Å². The van der Waals surface area contributed by atoms with E-state index in [1.807, 2.05) is 10.3 Å². The van der Waals surface area contributed by atoms with Gasteiger partial charge in [-0.1, -0.05) is 0 Å². The van der Waals surface area contributed by atoms with Gasteiger partial charge in [-0.25, -0.2) is 4.98 Å². The number of carbonyl (C=O) groups excluding carboxylic acids is 1. The molecule has 0 aromatic carbocycles. The zero-order valence-electron chi connectivity index (χ0n) is 12.2. The molecule has 1 amide bonds. The number of hydrogen-bond donors (Lipinski definition) is 1. The fourth-order valence-electron chi connectivity index (χ4n) is 2.83. The fourth-order valence-corrected chi connectivity index (χ4v) is 3.49. The quantitative estimate of drug-likeness (QED) is 0.840. The van der Waals surface area contributed by atoms with Gasteiger partial charge in [0.15, 0.2) is 0 Å². The average Bonchev–Trinajstić information content (AvgIpc) is 2.98. The van der Waals surface area contributed by atoms with Crippen LogP contribution in [0.5, 0.6) is 0 Å². The predicted molar refractivity (Wildman–Crippen MR) is 81.3 cm³/mol. The van der Waals surface area contributed by atoms with Crippen molar-refractivity contribution in [1.29, 1.82) is 0 Å². The van der Waals surface area contributed by atoms with Gasteiger partial charge >= 0.3 is 5.97 Å². The van der Waals surface area contributed by atoms with Gasteiger partial charge in [0.1, 0.15) is 0 Å². The van der Waals surface area contributed by atoms with E-state index < -0.39 is 5.97 Å². The maximum Gasteiger partial charge on any atom is 0.303 e. The Hall–Kier alpha value is -1.43. The van der Waals surface area contributed by atoms with Crippen LogP contribution in [0.4, 0.5) is 0 Å². The Labute approximate surface area is 129 Å². The Balaban J connectivity index is 1.78. The highest BCUT2D eigenvalue weighted by molar-refractivity contribution is 7.09. The largest absolute Gasteiger partial charge is 0.481 e. The summed E-state index contributed by atoms with van der Waals surface area (Å²) in [5.74, 6) is -0.613. The number of hydrogen-bond acceptors (Lipinski definition) is 4. The lowest BCUT2D eigenvalue weighted by Gasteiger charge is -2.35. The molecule has 1 atom stereocenters. The number of aryl methyl sites for hydroxylation is 1. The monoisotopic (exact) mass is 310 g/mol. The third kappa shape index (κ3) is 5.12. The molecule has 5 nitrogen and oxygen atoms in total. The molecule has 1 aromatic rings. The molecule has 1 unspecified atom stereocenters. The number of thiazole rings is 1. The van der Waals surface area contributed by atoms with E-state index in [4.69, 9.17) is 5.11 Å². The van der Waals surface area contributed by atoms with Crippen LogP contribution < -0.4 is 0 Å². The number of amides is 1. The van der Waals surface area contributed by atoms with E-state index in [0.29, 0.717) is 12.8 Å². The molecule has 1 aliphatic rings. The molecule has 6 heteroatoms. The van der Waals surface area contributed by atoms with Gasteiger partial charge in [-0.3, -0.25) is 9.59 Å². The Kier molecular flexibility index (Phi) is 6.17. The van der Waals surface area contributed by atoms with Crippen molar-refractivity contribution < 1.29 is 14.7 Å². The Morgan fingerprint density at radius 1 is 1.38 bits per heavy atom. The van der Waals surface area contributed by atoms with Crippen molar-refractivity contribution in [3.05, 3.63) is 16.6 Å². The smallest absolute Gasteiger partial charge is 0.303 e. The molecule has 0 aliphatic carbocycles. The van der Waals surface area contributed by atoms with Gasteiger partial charge in [0.2, 0.25) is 5.91 Å². The summed E-state index contributed by atoms with van der Waals surface area (Å²) < 4.78 is 0. The second-order valence-corrected chi connectivity index (χ2v) is 6.43. The SMILES string of the molecule is O=C(O)CCC1CCCCN1C(=O)CCCc1nccs1. The molecule has 0 saturated carbocycles. The summed E-state index contributed by atoms with van der Waals surface area (Å²) in [7, 11) is 0. The average molecular weight is 310 g/mol. The first-order valence-corrected chi connectivity index (χ1v) is 8.44. The van der Waals surface area contributed by atoms with Gasteiger partial charge in [-0.05, 0) is 38.5 Å². The van der Waals surface area contributed by atoms with E-state index in [1.165, 1.54) is 0 Å². The van der Waals surface area contributed by atoms with Gasteiger partial charge in [-0.2, -0.15) is 0 Å². The molecule has 0 bridgehead atoms. The van der Waals surface area contributed by atoms with Crippen molar-refractivity contribution in [1.82, 2.24) is 9.88 Å². The molecule has 116 valence electrons. The van der Waals surface area contributed by atoms with Gasteiger partial charge in [0.05, 0.1) is 5.01 Å². The highest BCUT2D eigenvalue weighted by Crippen LogP contribution is 2.22. The number of nitrogens with zero attached hydrogens (tertiary/aromatic N) is 2. The molecular formula is C15H22N2O3S. The molecule has 2 heterocycles. The Bertz CT molecular complexity index is 461. The topological polar surface area (TPSA) is 70.5 Å². The summed E-state index contributed by atoms with van der Waals surface area (Å²) in [4.78, 5) is 29.2. The summed E-state index contributed by atoms with van der Waals surface area (Å²) in [6.45, 7) is 0.778. The molecule has 1 aromatic heterocycles. The maximum atomic E-state index is 12.3. The van der Waals surface area contributed by atoms with Gasteiger partial charge in [0, 0.05) is 37.0 Å². The summed E-state index contributed by atoms with van der Waals surface area (Å²) in [5, 5.41) is 11.8. The number of carboxylic acids is 1. The zero-order chi connectivity index (χ0) is 15.1. The van der Waals surface area contributed by atoms with Crippen LogP contribution in [-0.4, -0.2) is 39.5 Å². The normalized spacial score (nSPS) is 18.7. The lowest BCUT2D eigenvalue weighted by molar-refractivity contribution is -0.140. The Morgan fingerprint density at radius 2 is 2.24 bits per heavy atom. The minimum absolute atomic E-state index is 0.113. The van der Waals surface area contributed by atoms with Crippen LogP contribution in [0.25, 0.3) is 0 Å². The molecule has 1 N–H and O–H groups in total. The molecule has 0 radical (unpaired) electrons. The van der Waals surface area contributed by atoms with Crippen molar-refractivity contribution in [3.8, 4) is 0 Å². The van der Waals surface area contributed by atoms with Gasteiger partial charge in [-0.15, -0.1) is 11.3 Å². The summed E-state index contributed by atoms with van der Waals surface area (Å²) >= 11 is 1.62. The minimum atomic E-state index is -0.781. The highest BCUT2D eigenvalue weighted by Gasteiger charge is 2.26. The molecule has 1 saturated heterocycles. The van der Waals surface area contributed by atoms with E-state index in [0.717, 1.165) is 43.7 Å². The predicted octanol–water partition coefficient (Wildman–Crippen LogP) is 2.71. The zero-order valence-corrected chi connectivity index (χ0v) is 13.0. The molecule has 1 fully saturated rings. The number of carbonyl (C=O) groups is 2. The van der Waals surface area contributed by atoms with Crippen LogP contribution in [0.1, 0.15) is 50.0 Å². The summed E-state index contributed by atoms with van der Waals surface area (Å²) in [6, 6.07) is 0.113. The molecular weight excluding hydrogens is 288 g/mol. The molecule has 1 aliphatic heterocycles. The van der Waals surface area contributed by atoms with E-state index in [1.54, 1.807) is 17.5 Å². The minimum Gasteiger partial charge on any atom is -0.481 e. The standard InChI is InChI=1S/C15H22N2O3S/c18-14(6-3-5-13-16-9-11-21-13)17-10-2-1-4-12(17)7-8-15(19)20/h9,11-12H,1-8,10H2,(H,19,20).